The van der Waals surface area contributed by atoms with Crippen LogP contribution in [0.4, 0.5) is 5.69 Å². The molecule has 106 valence electrons. The van der Waals surface area contributed by atoms with Crippen molar-refractivity contribution in [3.8, 4) is 0 Å². The van der Waals surface area contributed by atoms with Gasteiger partial charge in [-0.2, -0.15) is 0 Å². The van der Waals surface area contributed by atoms with E-state index >= 15 is 0 Å². The molecule has 2 N–H and O–H groups in total. The van der Waals surface area contributed by atoms with Gasteiger partial charge in [0.1, 0.15) is 0 Å². The molecule has 1 aliphatic rings. The Morgan fingerprint density at radius 3 is 2.53 bits per heavy atom. The molecule has 1 fully saturated rings. The molecule has 1 atom stereocenters. The molecule has 0 spiro atoms. The van der Waals surface area contributed by atoms with Gasteiger partial charge >= 0.3 is 0 Å². The summed E-state index contributed by atoms with van der Waals surface area (Å²) in [4.78, 5) is 2.47. The summed E-state index contributed by atoms with van der Waals surface area (Å²) in [6, 6.07) is 6.83. The molecular formula is C16H26N2O. The minimum atomic E-state index is 0.192. The van der Waals surface area contributed by atoms with E-state index in [-0.39, 0.29) is 12.6 Å². The van der Waals surface area contributed by atoms with E-state index in [1.54, 1.807) is 0 Å². The SMILES string of the molecule is CCc1cccc(CC)c1N1CCCNC(CO)C1. The second-order valence-corrected chi connectivity index (χ2v) is 5.27. The van der Waals surface area contributed by atoms with Gasteiger partial charge in [-0.1, -0.05) is 32.0 Å². The van der Waals surface area contributed by atoms with Gasteiger partial charge in [0.05, 0.1) is 6.61 Å². The fraction of sp³-hybridized carbons (Fsp3) is 0.625. The predicted molar refractivity (Wildman–Crippen MR) is 80.9 cm³/mol. The molecule has 3 nitrogen and oxygen atoms in total. The van der Waals surface area contributed by atoms with Crippen molar-refractivity contribution in [3.05, 3.63) is 29.3 Å². The number of para-hydroxylation sites is 1. The molecular weight excluding hydrogens is 236 g/mol. The molecule has 2 rings (SSSR count). The molecule has 0 amide bonds. The monoisotopic (exact) mass is 262 g/mol. The van der Waals surface area contributed by atoms with Gasteiger partial charge in [-0.3, -0.25) is 0 Å². The molecule has 19 heavy (non-hydrogen) atoms. The van der Waals surface area contributed by atoms with E-state index in [0.29, 0.717) is 0 Å². The van der Waals surface area contributed by atoms with E-state index in [2.05, 4.69) is 42.3 Å². The first-order valence-corrected chi connectivity index (χ1v) is 7.50. The van der Waals surface area contributed by atoms with E-state index in [4.69, 9.17) is 0 Å². The minimum absolute atomic E-state index is 0.192. The van der Waals surface area contributed by atoms with Crippen molar-refractivity contribution in [1.29, 1.82) is 0 Å². The average Bonchev–Trinajstić information content (AvgIpc) is 2.71. The van der Waals surface area contributed by atoms with Crippen LogP contribution in [0.3, 0.4) is 0 Å². The zero-order valence-electron chi connectivity index (χ0n) is 12.2. The Bertz CT molecular complexity index is 383. The maximum absolute atomic E-state index is 9.44. The highest BCUT2D eigenvalue weighted by molar-refractivity contribution is 5.60. The Kier molecular flexibility index (Phi) is 5.23. The van der Waals surface area contributed by atoms with Crippen molar-refractivity contribution in [3.63, 3.8) is 0 Å². The lowest BCUT2D eigenvalue weighted by Gasteiger charge is -2.30. The molecule has 1 aliphatic heterocycles. The summed E-state index contributed by atoms with van der Waals surface area (Å²) in [6.07, 6.45) is 3.27. The lowest BCUT2D eigenvalue weighted by atomic mass is 10.0. The van der Waals surface area contributed by atoms with Gasteiger partial charge in [0.25, 0.3) is 0 Å². The molecule has 1 aromatic carbocycles. The number of nitrogens with one attached hydrogen (secondary N) is 1. The molecule has 0 saturated carbocycles. The van der Waals surface area contributed by atoms with Crippen LogP contribution in [0.15, 0.2) is 18.2 Å². The smallest absolute Gasteiger partial charge is 0.0601 e. The molecule has 1 saturated heterocycles. The Labute approximate surface area is 116 Å². The quantitative estimate of drug-likeness (QED) is 0.871. The van der Waals surface area contributed by atoms with E-state index in [1.807, 2.05) is 0 Å². The number of benzene rings is 1. The summed E-state index contributed by atoms with van der Waals surface area (Å²) in [5.41, 5.74) is 4.27. The zero-order chi connectivity index (χ0) is 13.7. The normalized spacial score (nSPS) is 20.4. The summed E-state index contributed by atoms with van der Waals surface area (Å²) < 4.78 is 0. The average molecular weight is 262 g/mol. The van der Waals surface area contributed by atoms with Crippen LogP contribution < -0.4 is 10.2 Å². The largest absolute Gasteiger partial charge is 0.395 e. The van der Waals surface area contributed by atoms with Crippen LogP contribution in [0.5, 0.6) is 0 Å². The molecule has 1 heterocycles. The lowest BCUT2D eigenvalue weighted by Crippen LogP contribution is -2.40. The van der Waals surface area contributed by atoms with Gasteiger partial charge in [0.2, 0.25) is 0 Å². The maximum Gasteiger partial charge on any atom is 0.0601 e. The molecule has 3 heteroatoms. The predicted octanol–water partition coefficient (Wildman–Crippen LogP) is 1.97. The van der Waals surface area contributed by atoms with Crippen LogP contribution in [0.1, 0.15) is 31.4 Å². The van der Waals surface area contributed by atoms with Gasteiger partial charge in [-0.15, -0.1) is 0 Å². The third kappa shape index (κ3) is 3.28. The number of nitrogens with zero attached hydrogens (tertiary/aromatic N) is 1. The van der Waals surface area contributed by atoms with Gasteiger partial charge in [-0.05, 0) is 36.9 Å². The number of rotatable bonds is 4. The number of aliphatic hydroxyl groups excluding tert-OH is 1. The zero-order valence-corrected chi connectivity index (χ0v) is 12.2. The summed E-state index contributed by atoms with van der Waals surface area (Å²) in [5.74, 6) is 0. The summed E-state index contributed by atoms with van der Waals surface area (Å²) in [6.45, 7) is 7.63. The second kappa shape index (κ2) is 6.92. The van der Waals surface area contributed by atoms with Gasteiger partial charge < -0.3 is 15.3 Å². The van der Waals surface area contributed by atoms with Crippen LogP contribution in [-0.2, 0) is 12.8 Å². The van der Waals surface area contributed by atoms with Crippen molar-refractivity contribution < 1.29 is 5.11 Å². The highest BCUT2D eigenvalue weighted by atomic mass is 16.3. The first kappa shape index (κ1) is 14.4. The number of hydrogen-bond acceptors (Lipinski definition) is 3. The van der Waals surface area contributed by atoms with Crippen molar-refractivity contribution in [2.45, 2.75) is 39.2 Å². The summed E-state index contributed by atoms with van der Waals surface area (Å²) in [7, 11) is 0. The Morgan fingerprint density at radius 1 is 1.26 bits per heavy atom. The highest BCUT2D eigenvalue weighted by Crippen LogP contribution is 2.28. The minimum Gasteiger partial charge on any atom is -0.395 e. The molecule has 1 unspecified atom stereocenters. The third-order valence-corrected chi connectivity index (χ3v) is 3.98. The number of hydrogen-bond donors (Lipinski definition) is 2. The van der Waals surface area contributed by atoms with Crippen LogP contribution >= 0.6 is 0 Å². The van der Waals surface area contributed by atoms with E-state index in [1.165, 1.54) is 16.8 Å². The summed E-state index contributed by atoms with van der Waals surface area (Å²) >= 11 is 0. The molecule has 0 aromatic heterocycles. The van der Waals surface area contributed by atoms with Crippen LogP contribution in [0.2, 0.25) is 0 Å². The fourth-order valence-electron chi connectivity index (χ4n) is 2.94. The van der Waals surface area contributed by atoms with Crippen LogP contribution in [0.25, 0.3) is 0 Å². The van der Waals surface area contributed by atoms with E-state index in [9.17, 15) is 5.11 Å². The standard InChI is InChI=1S/C16H26N2O/c1-3-13-7-5-8-14(4-2)16(13)18-10-6-9-17-15(11-18)12-19/h5,7-8,15,17,19H,3-4,6,9-12H2,1-2H3. The number of anilines is 1. The lowest BCUT2D eigenvalue weighted by molar-refractivity contribution is 0.248. The maximum atomic E-state index is 9.44. The van der Waals surface area contributed by atoms with Gasteiger partial charge in [-0.25, -0.2) is 0 Å². The van der Waals surface area contributed by atoms with Crippen molar-refractivity contribution >= 4 is 5.69 Å². The first-order valence-electron chi connectivity index (χ1n) is 7.50. The third-order valence-electron chi connectivity index (χ3n) is 3.98. The highest BCUT2D eigenvalue weighted by Gasteiger charge is 2.20. The number of aliphatic hydroxyl groups is 1. The van der Waals surface area contributed by atoms with Gasteiger partial charge in [0.15, 0.2) is 0 Å². The topological polar surface area (TPSA) is 35.5 Å². The van der Waals surface area contributed by atoms with Crippen molar-refractivity contribution in [1.82, 2.24) is 5.32 Å². The molecule has 1 aromatic rings. The second-order valence-electron chi connectivity index (χ2n) is 5.27. The van der Waals surface area contributed by atoms with E-state index < -0.39 is 0 Å². The Morgan fingerprint density at radius 2 is 1.95 bits per heavy atom. The van der Waals surface area contributed by atoms with Crippen molar-refractivity contribution in [2.75, 3.05) is 31.1 Å². The Hall–Kier alpha value is -1.06. The molecule has 0 bridgehead atoms. The van der Waals surface area contributed by atoms with Crippen LogP contribution in [-0.4, -0.2) is 37.4 Å². The molecule has 0 radical (unpaired) electrons. The van der Waals surface area contributed by atoms with Gasteiger partial charge in [0, 0.05) is 24.8 Å². The summed E-state index contributed by atoms with van der Waals surface area (Å²) in [5, 5.41) is 12.9. The first-order chi connectivity index (χ1) is 9.30. The fourth-order valence-corrected chi connectivity index (χ4v) is 2.94. The van der Waals surface area contributed by atoms with Crippen molar-refractivity contribution in [2.24, 2.45) is 0 Å². The van der Waals surface area contributed by atoms with Crippen LogP contribution in [0, 0.1) is 0 Å². The molecule has 0 aliphatic carbocycles. The van der Waals surface area contributed by atoms with E-state index in [0.717, 1.165) is 38.9 Å². The Balaban J connectivity index is 2.32. The number of aryl methyl sites for hydroxylation is 2.